The lowest BCUT2D eigenvalue weighted by Crippen LogP contribution is -2.50. The molecule has 0 unspecified atom stereocenters. The number of benzene rings is 2. The van der Waals surface area contributed by atoms with Crippen LogP contribution in [0.2, 0.25) is 5.02 Å². The summed E-state index contributed by atoms with van der Waals surface area (Å²) >= 11 is 6.09. The molecule has 0 aliphatic carbocycles. The van der Waals surface area contributed by atoms with Gasteiger partial charge in [0.05, 0.1) is 22.1 Å². The van der Waals surface area contributed by atoms with Crippen LogP contribution in [0.3, 0.4) is 0 Å². The lowest BCUT2D eigenvalue weighted by Gasteiger charge is -2.34. The zero-order chi connectivity index (χ0) is 20.1. The maximum atomic E-state index is 12.6. The van der Waals surface area contributed by atoms with E-state index in [0.29, 0.717) is 42.5 Å². The molecule has 0 bridgehead atoms. The fourth-order valence-corrected chi connectivity index (χ4v) is 3.20. The Morgan fingerprint density at radius 1 is 1.04 bits per heavy atom. The number of carbonyl (C=O) groups excluding carboxylic acids is 2. The van der Waals surface area contributed by atoms with Gasteiger partial charge in [-0.3, -0.25) is 24.6 Å². The van der Waals surface area contributed by atoms with E-state index in [9.17, 15) is 19.7 Å². The van der Waals surface area contributed by atoms with E-state index in [1.165, 1.54) is 24.3 Å². The van der Waals surface area contributed by atoms with Crippen molar-refractivity contribution < 1.29 is 14.5 Å². The maximum absolute atomic E-state index is 12.6. The van der Waals surface area contributed by atoms with Gasteiger partial charge in [0, 0.05) is 44.0 Å². The Kier molecular flexibility index (Phi) is 6.23. The molecule has 9 heteroatoms. The van der Waals surface area contributed by atoms with Gasteiger partial charge in [0.25, 0.3) is 11.6 Å². The van der Waals surface area contributed by atoms with Gasteiger partial charge in [0.15, 0.2) is 0 Å². The van der Waals surface area contributed by atoms with Gasteiger partial charge < -0.3 is 10.2 Å². The predicted octanol–water partition coefficient (Wildman–Crippen LogP) is 2.64. The summed E-state index contributed by atoms with van der Waals surface area (Å²) < 4.78 is 0. The average molecular weight is 403 g/mol. The molecule has 1 heterocycles. The number of nitro benzene ring substituents is 1. The molecule has 146 valence electrons. The zero-order valence-corrected chi connectivity index (χ0v) is 15.8. The van der Waals surface area contributed by atoms with Gasteiger partial charge in [0.2, 0.25) is 5.91 Å². The Balaban J connectivity index is 1.48. The van der Waals surface area contributed by atoms with Crippen molar-refractivity contribution in [2.45, 2.75) is 0 Å². The quantitative estimate of drug-likeness (QED) is 0.612. The van der Waals surface area contributed by atoms with Gasteiger partial charge in [-0.2, -0.15) is 0 Å². The van der Waals surface area contributed by atoms with Crippen LogP contribution < -0.4 is 5.32 Å². The zero-order valence-electron chi connectivity index (χ0n) is 15.0. The van der Waals surface area contributed by atoms with Crippen molar-refractivity contribution in [2.75, 3.05) is 38.0 Å². The van der Waals surface area contributed by atoms with Crippen molar-refractivity contribution in [2.24, 2.45) is 0 Å². The van der Waals surface area contributed by atoms with Crippen molar-refractivity contribution >= 4 is 34.8 Å². The van der Waals surface area contributed by atoms with E-state index in [4.69, 9.17) is 11.6 Å². The molecule has 1 N–H and O–H groups in total. The Labute approximate surface area is 166 Å². The molecule has 0 aromatic heterocycles. The molecule has 0 saturated carbocycles. The van der Waals surface area contributed by atoms with Gasteiger partial charge in [-0.15, -0.1) is 0 Å². The molecular formula is C19H19ClN4O4. The van der Waals surface area contributed by atoms with Crippen LogP contribution in [0.15, 0.2) is 48.5 Å². The number of non-ortho nitro benzene ring substituents is 1. The Morgan fingerprint density at radius 3 is 2.29 bits per heavy atom. The number of hydrogen-bond acceptors (Lipinski definition) is 5. The van der Waals surface area contributed by atoms with Crippen molar-refractivity contribution in [1.82, 2.24) is 9.80 Å². The summed E-state index contributed by atoms with van der Waals surface area (Å²) in [6.45, 7) is 2.35. The number of nitrogens with one attached hydrogen (secondary N) is 1. The summed E-state index contributed by atoms with van der Waals surface area (Å²) in [5.74, 6) is -0.319. The summed E-state index contributed by atoms with van der Waals surface area (Å²) in [6.07, 6.45) is 0. The third-order valence-electron chi connectivity index (χ3n) is 4.49. The smallest absolute Gasteiger partial charge is 0.269 e. The minimum absolute atomic E-state index is 0.0303. The van der Waals surface area contributed by atoms with Gasteiger partial charge in [0.1, 0.15) is 0 Å². The fraction of sp³-hybridized carbons (Fsp3) is 0.263. The molecule has 1 fully saturated rings. The lowest BCUT2D eigenvalue weighted by atomic mass is 10.2. The second kappa shape index (κ2) is 8.81. The monoisotopic (exact) mass is 402 g/mol. The Bertz CT molecular complexity index is 880. The van der Waals surface area contributed by atoms with Gasteiger partial charge in [-0.1, -0.05) is 23.7 Å². The van der Waals surface area contributed by atoms with Crippen LogP contribution in [0.1, 0.15) is 10.4 Å². The summed E-state index contributed by atoms with van der Waals surface area (Å²) in [7, 11) is 0. The topological polar surface area (TPSA) is 95.8 Å². The third-order valence-corrected chi connectivity index (χ3v) is 4.82. The molecule has 0 spiro atoms. The largest absolute Gasteiger partial charge is 0.336 e. The normalized spacial score (nSPS) is 14.5. The standard InChI is InChI=1S/C19H19ClN4O4/c20-17-4-2-1-3-16(17)19(26)23-11-9-22(10-12-23)13-18(25)21-14-5-7-15(8-6-14)24(27)28/h1-8H,9-13H2,(H,21,25). The molecule has 2 aromatic carbocycles. The summed E-state index contributed by atoms with van der Waals surface area (Å²) in [4.78, 5) is 38.6. The van der Waals surface area contributed by atoms with Crippen LogP contribution >= 0.6 is 11.6 Å². The number of hydrogen-bond donors (Lipinski definition) is 1. The Morgan fingerprint density at radius 2 is 1.68 bits per heavy atom. The van der Waals surface area contributed by atoms with Gasteiger partial charge in [-0.05, 0) is 24.3 Å². The van der Waals surface area contributed by atoms with Gasteiger partial charge >= 0.3 is 0 Å². The first-order valence-corrected chi connectivity index (χ1v) is 9.12. The van der Waals surface area contributed by atoms with Crippen LogP contribution in [0.25, 0.3) is 0 Å². The molecular weight excluding hydrogens is 384 g/mol. The van der Waals surface area contributed by atoms with E-state index in [1.54, 1.807) is 29.2 Å². The minimum atomic E-state index is -0.491. The molecule has 0 atom stereocenters. The summed E-state index contributed by atoms with van der Waals surface area (Å²) in [5.41, 5.74) is 0.953. The first-order valence-electron chi connectivity index (χ1n) is 8.74. The van der Waals surface area contributed by atoms with Crippen molar-refractivity contribution in [3.63, 3.8) is 0 Å². The van der Waals surface area contributed by atoms with Crippen LogP contribution in [0.4, 0.5) is 11.4 Å². The molecule has 3 rings (SSSR count). The molecule has 0 radical (unpaired) electrons. The highest BCUT2D eigenvalue weighted by atomic mass is 35.5. The lowest BCUT2D eigenvalue weighted by molar-refractivity contribution is -0.384. The second-order valence-electron chi connectivity index (χ2n) is 6.40. The highest BCUT2D eigenvalue weighted by Gasteiger charge is 2.24. The Hall–Kier alpha value is -2.97. The van der Waals surface area contributed by atoms with Crippen LogP contribution in [0, 0.1) is 10.1 Å². The number of rotatable bonds is 5. The number of amides is 2. The molecule has 28 heavy (non-hydrogen) atoms. The highest BCUT2D eigenvalue weighted by Crippen LogP contribution is 2.18. The molecule has 1 aliphatic rings. The maximum Gasteiger partial charge on any atom is 0.269 e. The van der Waals surface area contributed by atoms with E-state index in [1.807, 2.05) is 4.90 Å². The SMILES string of the molecule is O=C(CN1CCN(C(=O)c2ccccc2Cl)CC1)Nc1ccc([N+](=O)[O-])cc1. The number of nitrogens with zero attached hydrogens (tertiary/aromatic N) is 3. The molecule has 2 aromatic rings. The molecule has 1 aliphatic heterocycles. The number of carbonyl (C=O) groups is 2. The fourth-order valence-electron chi connectivity index (χ4n) is 2.98. The van der Waals surface area contributed by atoms with Crippen molar-refractivity contribution in [1.29, 1.82) is 0 Å². The van der Waals surface area contributed by atoms with E-state index in [0.717, 1.165) is 0 Å². The first-order chi connectivity index (χ1) is 13.4. The minimum Gasteiger partial charge on any atom is -0.336 e. The van der Waals surface area contributed by atoms with E-state index < -0.39 is 4.92 Å². The average Bonchev–Trinajstić information content (AvgIpc) is 2.69. The van der Waals surface area contributed by atoms with Crippen molar-refractivity contribution in [3.8, 4) is 0 Å². The first kappa shape index (κ1) is 19.8. The van der Waals surface area contributed by atoms with E-state index >= 15 is 0 Å². The number of nitro groups is 1. The van der Waals surface area contributed by atoms with E-state index in [-0.39, 0.29) is 24.0 Å². The number of piperazine rings is 1. The van der Waals surface area contributed by atoms with Crippen LogP contribution in [0.5, 0.6) is 0 Å². The van der Waals surface area contributed by atoms with Gasteiger partial charge in [-0.25, -0.2) is 0 Å². The van der Waals surface area contributed by atoms with E-state index in [2.05, 4.69) is 5.32 Å². The number of halogens is 1. The third kappa shape index (κ3) is 4.85. The summed E-state index contributed by atoms with van der Waals surface area (Å²) in [6, 6.07) is 12.6. The molecule has 2 amide bonds. The summed E-state index contributed by atoms with van der Waals surface area (Å²) in [5, 5.41) is 13.8. The van der Waals surface area contributed by atoms with Crippen molar-refractivity contribution in [3.05, 3.63) is 69.2 Å². The van der Waals surface area contributed by atoms with Crippen LogP contribution in [-0.2, 0) is 4.79 Å². The number of anilines is 1. The second-order valence-corrected chi connectivity index (χ2v) is 6.81. The van der Waals surface area contributed by atoms with Crippen LogP contribution in [-0.4, -0.2) is 59.3 Å². The molecule has 8 nitrogen and oxygen atoms in total. The highest BCUT2D eigenvalue weighted by molar-refractivity contribution is 6.33. The molecule has 1 saturated heterocycles. The predicted molar refractivity (Wildman–Crippen MR) is 106 cm³/mol.